The van der Waals surface area contributed by atoms with Crippen molar-refractivity contribution in [2.75, 3.05) is 39.7 Å². The number of carbonyl (C=O) groups is 2. The minimum atomic E-state index is -4.60. The number of alkyl halides is 3. The Morgan fingerprint density at radius 1 is 0.884 bits per heavy atom. The Labute approximate surface area is 250 Å². The van der Waals surface area contributed by atoms with Crippen LogP contribution in [0.3, 0.4) is 0 Å². The van der Waals surface area contributed by atoms with E-state index in [1.165, 1.54) is 42.6 Å². The number of aromatic nitrogens is 2. The lowest BCUT2D eigenvalue weighted by Crippen LogP contribution is -2.35. The molecule has 0 unspecified atom stereocenters. The molecule has 9 nitrogen and oxygen atoms in total. The molecule has 3 aromatic carbocycles. The standard InChI is InChI=1S/C30H29F3N4O5S/c1-40-23-10-8-20(9-11-23)27-35-36-29(43-27)34-26(38)14-16-37(15-13-19-7-12-24(41-2)25(17-19)42-3)28(39)21-5-4-6-22(18-21)30(31,32)33/h4-12,17-18H,13-16H2,1-3H3,(H,34,36,38). The maximum atomic E-state index is 13.4. The third-order valence-electron chi connectivity index (χ3n) is 6.46. The zero-order chi connectivity index (χ0) is 31.0. The second-order valence-electron chi connectivity index (χ2n) is 9.25. The molecule has 1 heterocycles. The number of anilines is 1. The van der Waals surface area contributed by atoms with E-state index in [4.69, 9.17) is 14.2 Å². The van der Waals surface area contributed by atoms with Crippen molar-refractivity contribution < 1.29 is 37.0 Å². The average molecular weight is 615 g/mol. The van der Waals surface area contributed by atoms with E-state index < -0.39 is 23.6 Å². The van der Waals surface area contributed by atoms with Crippen molar-refractivity contribution in [2.45, 2.75) is 19.0 Å². The number of benzene rings is 3. The second kappa shape index (κ2) is 14.0. The molecule has 226 valence electrons. The zero-order valence-electron chi connectivity index (χ0n) is 23.6. The molecule has 0 aliphatic rings. The summed E-state index contributed by atoms with van der Waals surface area (Å²) in [6, 6.07) is 16.7. The number of ether oxygens (including phenoxy) is 3. The minimum absolute atomic E-state index is 0.0433. The van der Waals surface area contributed by atoms with Crippen LogP contribution in [0.2, 0.25) is 0 Å². The summed E-state index contributed by atoms with van der Waals surface area (Å²) in [6.07, 6.45) is -4.37. The lowest BCUT2D eigenvalue weighted by Gasteiger charge is -2.23. The van der Waals surface area contributed by atoms with Gasteiger partial charge in [0.2, 0.25) is 11.0 Å². The highest BCUT2D eigenvalue weighted by Gasteiger charge is 2.31. The van der Waals surface area contributed by atoms with E-state index >= 15 is 0 Å². The van der Waals surface area contributed by atoms with Crippen LogP contribution >= 0.6 is 11.3 Å². The number of carbonyl (C=O) groups excluding carboxylic acids is 2. The first-order valence-electron chi connectivity index (χ1n) is 13.1. The van der Waals surface area contributed by atoms with Crippen LogP contribution < -0.4 is 19.5 Å². The Hall–Kier alpha value is -4.65. The van der Waals surface area contributed by atoms with Gasteiger partial charge in [-0.2, -0.15) is 13.2 Å². The van der Waals surface area contributed by atoms with Crippen molar-refractivity contribution in [3.05, 3.63) is 83.4 Å². The highest BCUT2D eigenvalue weighted by molar-refractivity contribution is 7.18. The van der Waals surface area contributed by atoms with Crippen molar-refractivity contribution in [2.24, 2.45) is 0 Å². The van der Waals surface area contributed by atoms with Crippen molar-refractivity contribution in [1.29, 1.82) is 0 Å². The molecular formula is C30H29F3N4O5S. The summed E-state index contributed by atoms with van der Waals surface area (Å²) in [7, 11) is 4.58. The molecule has 4 aromatic rings. The quantitative estimate of drug-likeness (QED) is 0.210. The molecule has 0 atom stereocenters. The van der Waals surface area contributed by atoms with Gasteiger partial charge in [0.1, 0.15) is 10.8 Å². The number of nitrogens with zero attached hydrogens (tertiary/aromatic N) is 3. The largest absolute Gasteiger partial charge is 0.497 e. The van der Waals surface area contributed by atoms with E-state index in [1.807, 2.05) is 12.1 Å². The van der Waals surface area contributed by atoms with Gasteiger partial charge in [-0.3, -0.25) is 9.59 Å². The predicted octanol–water partition coefficient (Wildman–Crippen LogP) is 5.96. The Morgan fingerprint density at radius 2 is 1.63 bits per heavy atom. The van der Waals surface area contributed by atoms with Crippen LogP contribution in [-0.4, -0.2) is 61.3 Å². The fourth-order valence-electron chi connectivity index (χ4n) is 4.17. The van der Waals surface area contributed by atoms with Crippen LogP contribution in [0.4, 0.5) is 18.3 Å². The smallest absolute Gasteiger partial charge is 0.416 e. The molecule has 1 N–H and O–H groups in total. The van der Waals surface area contributed by atoms with E-state index in [1.54, 1.807) is 37.4 Å². The first-order valence-corrected chi connectivity index (χ1v) is 13.9. The van der Waals surface area contributed by atoms with Crippen LogP contribution in [0.1, 0.15) is 27.9 Å². The number of halogens is 3. The van der Waals surface area contributed by atoms with Crippen molar-refractivity contribution >= 4 is 28.3 Å². The number of methoxy groups -OCH3 is 3. The second-order valence-corrected chi connectivity index (χ2v) is 10.2. The lowest BCUT2D eigenvalue weighted by molar-refractivity contribution is -0.137. The van der Waals surface area contributed by atoms with E-state index in [2.05, 4.69) is 15.5 Å². The number of hydrogen-bond acceptors (Lipinski definition) is 8. The number of amides is 2. The van der Waals surface area contributed by atoms with Crippen molar-refractivity contribution in [3.63, 3.8) is 0 Å². The summed E-state index contributed by atoms with van der Waals surface area (Å²) in [5, 5.41) is 11.7. The summed E-state index contributed by atoms with van der Waals surface area (Å²) in [5.74, 6) is 0.674. The topological polar surface area (TPSA) is 103 Å². The third kappa shape index (κ3) is 8.22. The Bertz CT molecular complexity index is 1560. The van der Waals surface area contributed by atoms with Gasteiger partial charge < -0.3 is 24.4 Å². The van der Waals surface area contributed by atoms with Crippen LogP contribution in [0.15, 0.2) is 66.7 Å². The average Bonchev–Trinajstić information content (AvgIpc) is 3.48. The van der Waals surface area contributed by atoms with Crippen LogP contribution in [0, 0.1) is 0 Å². The molecule has 4 rings (SSSR count). The lowest BCUT2D eigenvalue weighted by atomic mass is 10.1. The number of hydrogen-bond donors (Lipinski definition) is 1. The Morgan fingerprint density at radius 3 is 2.30 bits per heavy atom. The summed E-state index contributed by atoms with van der Waals surface area (Å²) in [6.45, 7) is 0.0939. The van der Waals surface area contributed by atoms with Crippen LogP contribution in [-0.2, 0) is 17.4 Å². The molecule has 0 fully saturated rings. The third-order valence-corrected chi connectivity index (χ3v) is 7.35. The maximum Gasteiger partial charge on any atom is 0.416 e. The highest BCUT2D eigenvalue weighted by Crippen LogP contribution is 2.31. The molecule has 43 heavy (non-hydrogen) atoms. The van der Waals surface area contributed by atoms with Gasteiger partial charge in [0.25, 0.3) is 5.91 Å². The predicted molar refractivity (Wildman–Crippen MR) is 156 cm³/mol. The number of rotatable bonds is 12. The summed E-state index contributed by atoms with van der Waals surface area (Å²) >= 11 is 1.18. The van der Waals surface area contributed by atoms with Gasteiger partial charge >= 0.3 is 6.18 Å². The van der Waals surface area contributed by atoms with Crippen LogP contribution in [0.5, 0.6) is 17.2 Å². The van der Waals surface area contributed by atoms with Gasteiger partial charge in [-0.05, 0) is 66.6 Å². The fraction of sp³-hybridized carbons (Fsp3) is 0.267. The first kappa shape index (κ1) is 31.3. The van der Waals surface area contributed by atoms with Crippen LogP contribution in [0.25, 0.3) is 10.6 Å². The Kier molecular flexibility index (Phi) is 10.2. The summed E-state index contributed by atoms with van der Waals surface area (Å²) in [4.78, 5) is 27.6. The zero-order valence-corrected chi connectivity index (χ0v) is 24.4. The molecule has 0 radical (unpaired) electrons. The Balaban J connectivity index is 1.46. The van der Waals surface area contributed by atoms with Gasteiger partial charge in [0, 0.05) is 30.6 Å². The molecule has 13 heteroatoms. The minimum Gasteiger partial charge on any atom is -0.497 e. The molecule has 0 bridgehead atoms. The highest BCUT2D eigenvalue weighted by atomic mass is 32.1. The van der Waals surface area contributed by atoms with Gasteiger partial charge in [-0.1, -0.05) is 23.5 Å². The van der Waals surface area contributed by atoms with Gasteiger partial charge in [-0.25, -0.2) is 0 Å². The number of nitrogens with one attached hydrogen (secondary N) is 1. The van der Waals surface area contributed by atoms with Gasteiger partial charge in [-0.15, -0.1) is 10.2 Å². The molecule has 0 saturated heterocycles. The fourth-order valence-corrected chi connectivity index (χ4v) is 4.93. The SMILES string of the molecule is COc1ccc(-c2nnc(NC(=O)CCN(CCc3ccc(OC)c(OC)c3)C(=O)c3cccc(C(F)(F)F)c3)s2)cc1. The molecule has 1 aromatic heterocycles. The molecule has 0 spiro atoms. The summed E-state index contributed by atoms with van der Waals surface area (Å²) < 4.78 is 55.7. The van der Waals surface area contributed by atoms with Gasteiger partial charge in [0.05, 0.1) is 26.9 Å². The van der Waals surface area contributed by atoms with E-state index in [9.17, 15) is 22.8 Å². The molecule has 2 amide bonds. The summed E-state index contributed by atoms with van der Waals surface area (Å²) in [5.41, 5.74) is 0.548. The van der Waals surface area contributed by atoms with E-state index in [0.29, 0.717) is 28.7 Å². The van der Waals surface area contributed by atoms with Crippen molar-refractivity contribution in [1.82, 2.24) is 15.1 Å². The maximum absolute atomic E-state index is 13.4. The molecule has 0 aliphatic carbocycles. The monoisotopic (exact) mass is 614 g/mol. The normalized spacial score (nSPS) is 11.1. The first-order chi connectivity index (χ1) is 20.6. The molecule has 0 aliphatic heterocycles. The van der Waals surface area contributed by atoms with Crippen molar-refractivity contribution in [3.8, 4) is 27.8 Å². The van der Waals surface area contributed by atoms with E-state index in [0.717, 1.165) is 23.3 Å². The molecular weight excluding hydrogens is 585 g/mol. The molecule has 0 saturated carbocycles. The van der Waals surface area contributed by atoms with E-state index in [-0.39, 0.29) is 30.2 Å². The van der Waals surface area contributed by atoms with Gasteiger partial charge in [0.15, 0.2) is 11.5 Å².